The summed E-state index contributed by atoms with van der Waals surface area (Å²) < 4.78 is 7.48. The van der Waals surface area contributed by atoms with E-state index in [0.29, 0.717) is 6.04 Å². The standard InChI is InChI=1S/C18H18N4O2S/c1-10-8-15(17(23)24-10)25-18-21-20-16(22(18)11-6-7-11)13-9-19-14-5-3-2-4-12(13)14/h2-5,9-11,15,19H,6-8H2,1H3/t10-,15+/m1/s1. The van der Waals surface area contributed by atoms with Crippen molar-refractivity contribution in [2.75, 3.05) is 0 Å². The van der Waals surface area contributed by atoms with E-state index in [4.69, 9.17) is 4.74 Å². The predicted octanol–water partition coefficient (Wildman–Crippen LogP) is 3.56. The van der Waals surface area contributed by atoms with Crippen LogP contribution in [0.2, 0.25) is 0 Å². The molecule has 0 amide bonds. The molecular weight excluding hydrogens is 336 g/mol. The number of hydrogen-bond donors (Lipinski definition) is 1. The van der Waals surface area contributed by atoms with E-state index in [-0.39, 0.29) is 17.3 Å². The average molecular weight is 354 g/mol. The molecule has 1 aromatic carbocycles. The highest BCUT2D eigenvalue weighted by molar-refractivity contribution is 8.00. The maximum atomic E-state index is 12.0. The van der Waals surface area contributed by atoms with Gasteiger partial charge in [0, 0.05) is 35.1 Å². The van der Waals surface area contributed by atoms with E-state index in [1.807, 2.05) is 25.3 Å². The van der Waals surface area contributed by atoms with Gasteiger partial charge in [0.05, 0.1) is 0 Å². The minimum absolute atomic E-state index is 0.0182. The zero-order valence-corrected chi connectivity index (χ0v) is 14.6. The number of cyclic esters (lactones) is 1. The van der Waals surface area contributed by atoms with Crippen LogP contribution in [0.15, 0.2) is 35.6 Å². The number of aromatic nitrogens is 4. The molecule has 25 heavy (non-hydrogen) atoms. The Morgan fingerprint density at radius 1 is 1.28 bits per heavy atom. The fourth-order valence-electron chi connectivity index (χ4n) is 3.40. The van der Waals surface area contributed by atoms with Gasteiger partial charge in [-0.2, -0.15) is 0 Å². The van der Waals surface area contributed by atoms with E-state index in [1.54, 1.807) is 0 Å². The number of rotatable bonds is 4. The minimum atomic E-state index is -0.187. The minimum Gasteiger partial charge on any atom is -0.462 e. The summed E-state index contributed by atoms with van der Waals surface area (Å²) in [6.45, 7) is 1.93. The smallest absolute Gasteiger partial charge is 0.319 e. The van der Waals surface area contributed by atoms with Gasteiger partial charge < -0.3 is 9.72 Å². The third-order valence-corrected chi connectivity index (χ3v) is 5.94. The molecule has 0 unspecified atom stereocenters. The lowest BCUT2D eigenvalue weighted by Crippen LogP contribution is -2.11. The molecule has 2 aliphatic rings. The molecule has 0 radical (unpaired) electrons. The summed E-state index contributed by atoms with van der Waals surface area (Å²) in [7, 11) is 0. The highest BCUT2D eigenvalue weighted by Crippen LogP contribution is 2.43. The highest BCUT2D eigenvalue weighted by Gasteiger charge is 2.37. The van der Waals surface area contributed by atoms with Crippen LogP contribution in [0.1, 0.15) is 32.2 Å². The van der Waals surface area contributed by atoms with Crippen molar-refractivity contribution in [3.8, 4) is 11.4 Å². The van der Waals surface area contributed by atoms with Crippen LogP contribution in [0.3, 0.4) is 0 Å². The van der Waals surface area contributed by atoms with Gasteiger partial charge in [-0.1, -0.05) is 30.0 Å². The van der Waals surface area contributed by atoms with Crippen molar-refractivity contribution in [3.05, 3.63) is 30.5 Å². The number of carbonyl (C=O) groups is 1. The Bertz CT molecular complexity index is 959. The molecule has 1 aliphatic heterocycles. The number of benzene rings is 1. The van der Waals surface area contributed by atoms with Crippen molar-refractivity contribution >= 4 is 28.6 Å². The fraction of sp³-hybridized carbons (Fsp3) is 0.389. The number of fused-ring (bicyclic) bond motifs is 1. The van der Waals surface area contributed by atoms with Crippen molar-refractivity contribution < 1.29 is 9.53 Å². The molecule has 128 valence electrons. The summed E-state index contributed by atoms with van der Waals surface area (Å²) in [6.07, 6.45) is 4.96. The molecule has 3 aromatic rings. The van der Waals surface area contributed by atoms with Crippen molar-refractivity contribution in [2.45, 2.75) is 48.7 Å². The van der Waals surface area contributed by atoms with Gasteiger partial charge in [-0.05, 0) is 25.8 Å². The van der Waals surface area contributed by atoms with Gasteiger partial charge in [0.2, 0.25) is 0 Å². The maximum Gasteiger partial charge on any atom is 0.319 e. The molecule has 1 saturated carbocycles. The van der Waals surface area contributed by atoms with Crippen LogP contribution in [-0.2, 0) is 9.53 Å². The molecule has 1 saturated heterocycles. The monoisotopic (exact) mass is 354 g/mol. The van der Waals surface area contributed by atoms with Gasteiger partial charge >= 0.3 is 5.97 Å². The molecule has 6 nitrogen and oxygen atoms in total. The normalized spacial score (nSPS) is 23.3. The second-order valence-corrected chi connectivity index (χ2v) is 7.91. The Balaban J connectivity index is 1.55. The number of para-hydroxylation sites is 1. The lowest BCUT2D eigenvalue weighted by atomic mass is 10.1. The van der Waals surface area contributed by atoms with Crippen LogP contribution in [-0.4, -0.2) is 37.1 Å². The molecule has 2 fully saturated rings. The molecule has 5 rings (SSSR count). The molecule has 2 aromatic heterocycles. The first-order chi connectivity index (χ1) is 12.2. The van der Waals surface area contributed by atoms with E-state index < -0.39 is 0 Å². The van der Waals surface area contributed by atoms with E-state index in [9.17, 15) is 4.79 Å². The van der Waals surface area contributed by atoms with Crippen molar-refractivity contribution in [1.82, 2.24) is 19.7 Å². The molecule has 1 N–H and O–H groups in total. The van der Waals surface area contributed by atoms with Crippen molar-refractivity contribution in [1.29, 1.82) is 0 Å². The summed E-state index contributed by atoms with van der Waals surface area (Å²) in [6, 6.07) is 8.62. The zero-order valence-electron chi connectivity index (χ0n) is 13.8. The summed E-state index contributed by atoms with van der Waals surface area (Å²) in [5.74, 6) is 0.735. The van der Waals surface area contributed by atoms with Crippen LogP contribution in [0.5, 0.6) is 0 Å². The largest absolute Gasteiger partial charge is 0.462 e. The van der Waals surface area contributed by atoms with E-state index in [1.165, 1.54) is 11.8 Å². The predicted molar refractivity (Wildman–Crippen MR) is 95.4 cm³/mol. The number of esters is 1. The topological polar surface area (TPSA) is 72.8 Å². The Morgan fingerprint density at radius 2 is 2.12 bits per heavy atom. The number of H-pyrrole nitrogens is 1. The number of aromatic amines is 1. The summed E-state index contributed by atoms with van der Waals surface area (Å²) in [4.78, 5) is 15.3. The Morgan fingerprint density at radius 3 is 2.88 bits per heavy atom. The fourth-order valence-corrected chi connectivity index (χ4v) is 4.61. The van der Waals surface area contributed by atoms with Crippen molar-refractivity contribution in [3.63, 3.8) is 0 Å². The Hall–Kier alpha value is -2.28. The second-order valence-electron chi connectivity index (χ2n) is 6.74. The molecule has 3 heterocycles. The van der Waals surface area contributed by atoms with Crippen LogP contribution in [0, 0.1) is 0 Å². The maximum absolute atomic E-state index is 12.0. The first kappa shape index (κ1) is 15.0. The van der Waals surface area contributed by atoms with Gasteiger partial charge in [0.15, 0.2) is 11.0 Å². The molecule has 1 aliphatic carbocycles. The molecule has 0 bridgehead atoms. The second kappa shape index (κ2) is 5.62. The van der Waals surface area contributed by atoms with Gasteiger partial charge in [0.1, 0.15) is 11.4 Å². The van der Waals surface area contributed by atoms with Gasteiger partial charge in [-0.3, -0.25) is 9.36 Å². The van der Waals surface area contributed by atoms with E-state index in [0.717, 1.165) is 46.7 Å². The number of nitrogens with zero attached hydrogens (tertiary/aromatic N) is 3. The summed E-state index contributed by atoms with van der Waals surface area (Å²) in [5.41, 5.74) is 2.15. The van der Waals surface area contributed by atoms with E-state index in [2.05, 4.69) is 31.9 Å². The average Bonchev–Trinajstić information content (AvgIpc) is 3.08. The summed E-state index contributed by atoms with van der Waals surface area (Å²) >= 11 is 1.49. The SMILES string of the molecule is C[C@@H]1C[C@H](Sc2nnc(-c3c[nH]c4ccccc34)n2C2CC2)C(=O)O1. The van der Waals surface area contributed by atoms with E-state index >= 15 is 0 Å². The highest BCUT2D eigenvalue weighted by atomic mass is 32.2. The van der Waals surface area contributed by atoms with Crippen LogP contribution in [0.25, 0.3) is 22.3 Å². The van der Waals surface area contributed by atoms with Gasteiger partial charge in [0.25, 0.3) is 0 Å². The number of nitrogens with one attached hydrogen (secondary N) is 1. The van der Waals surface area contributed by atoms with Crippen LogP contribution < -0.4 is 0 Å². The number of hydrogen-bond acceptors (Lipinski definition) is 5. The third kappa shape index (κ3) is 2.54. The number of carbonyl (C=O) groups excluding carboxylic acids is 1. The van der Waals surface area contributed by atoms with Gasteiger partial charge in [-0.25, -0.2) is 0 Å². The Kier molecular flexibility index (Phi) is 3.38. The van der Waals surface area contributed by atoms with Crippen LogP contribution in [0.4, 0.5) is 0 Å². The molecule has 0 spiro atoms. The first-order valence-corrected chi connectivity index (χ1v) is 9.47. The molecule has 7 heteroatoms. The number of ether oxygens (including phenoxy) is 1. The lowest BCUT2D eigenvalue weighted by molar-refractivity contribution is -0.140. The quantitative estimate of drug-likeness (QED) is 0.725. The third-order valence-electron chi connectivity index (χ3n) is 4.78. The number of thioether (sulfide) groups is 1. The molecular formula is C18H18N4O2S. The Labute approximate surface area is 149 Å². The van der Waals surface area contributed by atoms with Gasteiger partial charge in [-0.15, -0.1) is 10.2 Å². The summed E-state index contributed by atoms with van der Waals surface area (Å²) in [5, 5.41) is 10.7. The van der Waals surface area contributed by atoms with Crippen LogP contribution >= 0.6 is 11.8 Å². The molecule has 2 atom stereocenters. The lowest BCUT2D eigenvalue weighted by Gasteiger charge is -2.09. The first-order valence-electron chi connectivity index (χ1n) is 8.59. The zero-order chi connectivity index (χ0) is 17.0. The van der Waals surface area contributed by atoms with Crippen molar-refractivity contribution in [2.24, 2.45) is 0 Å².